The molecule has 1 N–H and O–H groups in total. The highest BCUT2D eigenvalue weighted by molar-refractivity contribution is 7.99. The van der Waals surface area contributed by atoms with Crippen LogP contribution < -0.4 is 5.32 Å². The van der Waals surface area contributed by atoms with E-state index in [1.54, 1.807) is 6.26 Å². The number of hydrogen-bond acceptors (Lipinski definition) is 3. The molecule has 0 aliphatic rings. The second kappa shape index (κ2) is 7.55. The summed E-state index contributed by atoms with van der Waals surface area (Å²) in [6.45, 7) is 4.57. The van der Waals surface area contributed by atoms with Crippen LogP contribution in [0.2, 0.25) is 0 Å². The van der Waals surface area contributed by atoms with E-state index >= 15 is 0 Å². The number of furan rings is 1. The lowest BCUT2D eigenvalue weighted by atomic mass is 9.96. The highest BCUT2D eigenvalue weighted by Gasteiger charge is 2.25. The quantitative estimate of drug-likeness (QED) is 0.812. The highest BCUT2D eigenvalue weighted by Crippen LogP contribution is 2.34. The molecule has 2 atom stereocenters. The van der Waals surface area contributed by atoms with Crippen molar-refractivity contribution in [2.45, 2.75) is 30.9 Å². The molecule has 2 aromatic rings. The summed E-state index contributed by atoms with van der Waals surface area (Å²) in [5, 5.41) is 3.99. The summed E-state index contributed by atoms with van der Waals surface area (Å²) in [4.78, 5) is 0. The van der Waals surface area contributed by atoms with Crippen molar-refractivity contribution in [2.75, 3.05) is 7.05 Å². The van der Waals surface area contributed by atoms with Gasteiger partial charge in [-0.2, -0.15) is 0 Å². The molecular weight excluding hydrogens is 266 g/mol. The van der Waals surface area contributed by atoms with Crippen molar-refractivity contribution < 1.29 is 4.42 Å². The first-order valence-electron chi connectivity index (χ1n) is 7.08. The third-order valence-corrected chi connectivity index (χ3v) is 5.11. The second-order valence-corrected chi connectivity index (χ2v) is 6.44. The van der Waals surface area contributed by atoms with Crippen LogP contribution >= 0.6 is 11.8 Å². The van der Waals surface area contributed by atoms with Crippen LogP contribution in [0, 0.1) is 5.92 Å². The molecule has 3 heteroatoms. The molecular formula is C17H23NOS. The minimum atomic E-state index is 0.358. The van der Waals surface area contributed by atoms with Crippen molar-refractivity contribution in [3.63, 3.8) is 0 Å². The Bertz CT molecular complexity index is 481. The summed E-state index contributed by atoms with van der Waals surface area (Å²) < 4.78 is 5.44. The minimum absolute atomic E-state index is 0.358. The van der Waals surface area contributed by atoms with Gasteiger partial charge in [0.2, 0.25) is 0 Å². The predicted octanol–water partition coefficient (Wildman–Crippen LogP) is 4.50. The lowest BCUT2D eigenvalue weighted by Crippen LogP contribution is -2.31. The van der Waals surface area contributed by atoms with Crippen LogP contribution in [0.1, 0.15) is 31.2 Å². The zero-order valence-corrected chi connectivity index (χ0v) is 13.2. The molecule has 1 heterocycles. The topological polar surface area (TPSA) is 25.2 Å². The number of rotatable bonds is 7. The van der Waals surface area contributed by atoms with E-state index in [9.17, 15) is 0 Å². The van der Waals surface area contributed by atoms with Crippen LogP contribution in [-0.4, -0.2) is 12.3 Å². The van der Waals surface area contributed by atoms with Crippen molar-refractivity contribution >= 4 is 11.8 Å². The zero-order valence-electron chi connectivity index (χ0n) is 12.4. The first-order valence-corrected chi connectivity index (χ1v) is 8.13. The summed E-state index contributed by atoms with van der Waals surface area (Å²) in [5.41, 5.74) is 1.35. The molecule has 0 saturated heterocycles. The van der Waals surface area contributed by atoms with Gasteiger partial charge in [0.15, 0.2) is 0 Å². The number of hydrogen-bond donors (Lipinski definition) is 1. The summed E-state index contributed by atoms with van der Waals surface area (Å²) in [6.07, 6.45) is 1.74. The molecule has 0 amide bonds. The van der Waals surface area contributed by atoms with E-state index in [-0.39, 0.29) is 0 Å². The van der Waals surface area contributed by atoms with Crippen molar-refractivity contribution in [1.82, 2.24) is 5.32 Å². The van der Waals surface area contributed by atoms with Gasteiger partial charge >= 0.3 is 0 Å². The van der Waals surface area contributed by atoms with Crippen molar-refractivity contribution in [2.24, 2.45) is 5.92 Å². The van der Waals surface area contributed by atoms with Gasteiger partial charge in [-0.25, -0.2) is 0 Å². The van der Waals surface area contributed by atoms with Gasteiger partial charge in [-0.15, -0.1) is 11.8 Å². The lowest BCUT2D eigenvalue weighted by Gasteiger charge is -2.30. The third kappa shape index (κ3) is 3.90. The van der Waals surface area contributed by atoms with Gasteiger partial charge in [0.05, 0.1) is 12.0 Å². The first-order chi connectivity index (χ1) is 9.72. The van der Waals surface area contributed by atoms with Crippen molar-refractivity contribution in [1.29, 1.82) is 0 Å². The van der Waals surface area contributed by atoms with Crippen LogP contribution in [-0.2, 0) is 5.75 Å². The van der Waals surface area contributed by atoms with Gasteiger partial charge in [0, 0.05) is 11.3 Å². The second-order valence-electron chi connectivity index (χ2n) is 5.28. The first kappa shape index (κ1) is 15.2. The van der Waals surface area contributed by atoms with Crippen LogP contribution in [0.15, 0.2) is 53.1 Å². The molecule has 2 unspecified atom stereocenters. The van der Waals surface area contributed by atoms with Gasteiger partial charge in [-0.3, -0.25) is 0 Å². The molecule has 2 rings (SSSR count). The van der Waals surface area contributed by atoms with E-state index in [4.69, 9.17) is 4.42 Å². The van der Waals surface area contributed by atoms with E-state index in [0.717, 1.165) is 11.5 Å². The Labute approximate surface area is 126 Å². The maximum absolute atomic E-state index is 5.44. The molecule has 0 radical (unpaired) electrons. The fraction of sp³-hybridized carbons (Fsp3) is 0.412. The molecule has 0 aliphatic heterocycles. The number of nitrogens with one attached hydrogen (secondary N) is 1. The van der Waals surface area contributed by atoms with E-state index in [0.29, 0.717) is 17.2 Å². The maximum atomic E-state index is 5.44. The SMILES string of the molecule is CNC(c1ccccc1)C(SCc1ccco1)C(C)C. The normalized spacial score (nSPS) is 14.4. The highest BCUT2D eigenvalue weighted by atomic mass is 32.2. The van der Waals surface area contributed by atoms with Gasteiger partial charge < -0.3 is 9.73 Å². The molecule has 0 bridgehead atoms. The van der Waals surface area contributed by atoms with Crippen LogP contribution in [0.25, 0.3) is 0 Å². The maximum Gasteiger partial charge on any atom is 0.113 e. The molecule has 0 spiro atoms. The molecule has 0 aliphatic carbocycles. The Morgan fingerprint density at radius 1 is 1.10 bits per heavy atom. The summed E-state index contributed by atoms with van der Waals surface area (Å²) in [6, 6.07) is 15.0. The Morgan fingerprint density at radius 2 is 1.85 bits per heavy atom. The smallest absolute Gasteiger partial charge is 0.113 e. The average molecular weight is 289 g/mol. The molecule has 20 heavy (non-hydrogen) atoms. The van der Waals surface area contributed by atoms with Crippen molar-refractivity contribution in [3.8, 4) is 0 Å². The predicted molar refractivity (Wildman–Crippen MR) is 86.9 cm³/mol. The minimum Gasteiger partial charge on any atom is -0.468 e. The third-order valence-electron chi connectivity index (χ3n) is 3.45. The summed E-state index contributed by atoms with van der Waals surface area (Å²) in [5.74, 6) is 2.55. The van der Waals surface area contributed by atoms with Crippen LogP contribution in [0.3, 0.4) is 0 Å². The molecule has 2 nitrogen and oxygen atoms in total. The van der Waals surface area contributed by atoms with Crippen LogP contribution in [0.4, 0.5) is 0 Å². The largest absolute Gasteiger partial charge is 0.468 e. The summed E-state index contributed by atoms with van der Waals surface area (Å²) in [7, 11) is 2.04. The summed E-state index contributed by atoms with van der Waals surface area (Å²) >= 11 is 1.96. The Morgan fingerprint density at radius 3 is 2.40 bits per heavy atom. The van der Waals surface area contributed by atoms with E-state index < -0.39 is 0 Å². The van der Waals surface area contributed by atoms with E-state index in [1.165, 1.54) is 5.56 Å². The zero-order chi connectivity index (χ0) is 14.4. The van der Waals surface area contributed by atoms with E-state index in [1.807, 2.05) is 30.9 Å². The van der Waals surface area contributed by atoms with Gasteiger partial charge in [0.1, 0.15) is 5.76 Å². The van der Waals surface area contributed by atoms with Gasteiger partial charge in [-0.1, -0.05) is 44.2 Å². The molecule has 0 saturated carbocycles. The average Bonchev–Trinajstić information content (AvgIpc) is 2.97. The molecule has 108 valence electrons. The monoisotopic (exact) mass is 289 g/mol. The van der Waals surface area contributed by atoms with Crippen LogP contribution in [0.5, 0.6) is 0 Å². The lowest BCUT2D eigenvalue weighted by molar-refractivity contribution is 0.471. The Hall–Kier alpha value is -1.19. The van der Waals surface area contributed by atoms with E-state index in [2.05, 4.69) is 49.5 Å². The van der Waals surface area contributed by atoms with Gasteiger partial charge in [-0.05, 0) is 30.7 Å². The number of thioether (sulfide) groups is 1. The van der Waals surface area contributed by atoms with Gasteiger partial charge in [0.25, 0.3) is 0 Å². The standard InChI is InChI=1S/C17H23NOS/c1-13(2)17(20-12-15-10-7-11-19-15)16(18-3)14-8-5-4-6-9-14/h4-11,13,16-18H,12H2,1-3H3. The number of benzene rings is 1. The fourth-order valence-electron chi connectivity index (χ4n) is 2.43. The fourth-order valence-corrected chi connectivity index (χ4v) is 3.82. The Balaban J connectivity index is 2.09. The molecule has 1 aromatic carbocycles. The van der Waals surface area contributed by atoms with Crippen molar-refractivity contribution in [3.05, 3.63) is 60.1 Å². The Kier molecular flexibility index (Phi) is 5.74. The molecule has 0 fully saturated rings. The molecule has 1 aromatic heterocycles.